The van der Waals surface area contributed by atoms with Gasteiger partial charge in [0.2, 0.25) is 0 Å². The minimum atomic E-state index is -0.738. The Balaban J connectivity index is 1.29. The average Bonchev–Trinajstić information content (AvgIpc) is 3.36. The molecule has 12 heteroatoms. The maximum absolute atomic E-state index is 12.3. The van der Waals surface area contributed by atoms with Crippen molar-refractivity contribution in [1.29, 1.82) is 0 Å². The van der Waals surface area contributed by atoms with E-state index in [1.807, 2.05) is 6.92 Å². The lowest BCUT2D eigenvalue weighted by molar-refractivity contribution is 0.0897. The fraction of sp³-hybridized carbons (Fsp3) is 0.238. The number of aryl methyl sites for hydroxylation is 1. The molecule has 0 spiro atoms. The van der Waals surface area contributed by atoms with Crippen LogP contribution in [0.2, 0.25) is 5.02 Å². The number of aromatic nitrogens is 4. The molecule has 3 heterocycles. The lowest BCUT2D eigenvalue weighted by Crippen LogP contribution is -2.36. The first-order valence-corrected chi connectivity index (χ1v) is 10.3. The van der Waals surface area contributed by atoms with Crippen molar-refractivity contribution < 1.29 is 18.5 Å². The molecule has 33 heavy (non-hydrogen) atoms. The average molecular weight is 471 g/mol. The third-order valence-corrected chi connectivity index (χ3v) is 5.38. The standard InChI is InChI=1S/C21H19ClN6O5/c1-11-17(22)12(2)28(26-11)10-16-25-20(33-27-16)19(30)24-8-7-23-18(29)14-9-13-5-3-4-6-15(13)32-21(14)31/h3-6,9H,7-8,10H2,1-2H3,(H,23,29)(H,24,30). The molecule has 0 aliphatic rings. The molecule has 0 aliphatic carbocycles. The summed E-state index contributed by atoms with van der Waals surface area (Å²) in [6.07, 6.45) is 0. The van der Waals surface area contributed by atoms with Gasteiger partial charge in [-0.25, -0.2) is 4.79 Å². The van der Waals surface area contributed by atoms with Crippen LogP contribution in [0.5, 0.6) is 0 Å². The smallest absolute Gasteiger partial charge is 0.349 e. The lowest BCUT2D eigenvalue weighted by atomic mass is 10.2. The van der Waals surface area contributed by atoms with E-state index in [0.717, 1.165) is 5.69 Å². The van der Waals surface area contributed by atoms with Crippen LogP contribution in [0.25, 0.3) is 11.0 Å². The van der Waals surface area contributed by atoms with Crippen LogP contribution in [-0.2, 0) is 6.54 Å². The molecule has 3 aromatic heterocycles. The first-order valence-electron chi connectivity index (χ1n) is 9.95. The molecule has 1 aromatic carbocycles. The molecule has 0 atom stereocenters. The van der Waals surface area contributed by atoms with Crippen molar-refractivity contribution >= 4 is 34.4 Å². The maximum atomic E-state index is 12.3. The molecular weight excluding hydrogens is 452 g/mol. The van der Waals surface area contributed by atoms with Crippen LogP contribution >= 0.6 is 11.6 Å². The van der Waals surface area contributed by atoms with Crippen molar-refractivity contribution in [3.05, 3.63) is 74.4 Å². The zero-order chi connectivity index (χ0) is 23.5. The van der Waals surface area contributed by atoms with Gasteiger partial charge in [-0.1, -0.05) is 35.0 Å². The van der Waals surface area contributed by atoms with E-state index < -0.39 is 17.4 Å². The van der Waals surface area contributed by atoms with E-state index in [1.165, 1.54) is 6.07 Å². The van der Waals surface area contributed by atoms with E-state index in [0.29, 0.717) is 21.7 Å². The SMILES string of the molecule is Cc1nn(Cc2noc(C(=O)NCCNC(=O)c3cc4ccccc4oc3=O)n2)c(C)c1Cl. The summed E-state index contributed by atoms with van der Waals surface area (Å²) in [5, 5.41) is 14.4. The number of hydrogen-bond donors (Lipinski definition) is 2. The summed E-state index contributed by atoms with van der Waals surface area (Å²) in [6.45, 7) is 3.94. The Morgan fingerprint density at radius 3 is 2.58 bits per heavy atom. The van der Waals surface area contributed by atoms with Crippen molar-refractivity contribution in [2.75, 3.05) is 13.1 Å². The molecular formula is C21H19ClN6O5. The van der Waals surface area contributed by atoms with E-state index in [4.69, 9.17) is 20.5 Å². The first-order chi connectivity index (χ1) is 15.8. The highest BCUT2D eigenvalue weighted by Gasteiger charge is 2.18. The Kier molecular flexibility index (Phi) is 6.22. The Labute approximate surface area is 191 Å². The number of carbonyl (C=O) groups excluding carboxylic acids is 2. The molecule has 0 fully saturated rings. The third kappa shape index (κ3) is 4.77. The second-order valence-electron chi connectivity index (χ2n) is 7.16. The third-order valence-electron chi connectivity index (χ3n) is 4.83. The Morgan fingerprint density at radius 1 is 1.12 bits per heavy atom. The fourth-order valence-corrected chi connectivity index (χ4v) is 3.25. The highest BCUT2D eigenvalue weighted by Crippen LogP contribution is 2.19. The molecule has 2 N–H and O–H groups in total. The number of nitrogens with zero attached hydrogens (tertiary/aromatic N) is 4. The quantitative estimate of drug-likeness (QED) is 0.307. The number of hydrogen-bond acceptors (Lipinski definition) is 8. The van der Waals surface area contributed by atoms with E-state index in [-0.39, 0.29) is 36.9 Å². The zero-order valence-electron chi connectivity index (χ0n) is 17.7. The molecule has 0 saturated heterocycles. The minimum Gasteiger partial charge on any atom is -0.422 e. The first kappa shape index (κ1) is 22.2. The summed E-state index contributed by atoms with van der Waals surface area (Å²) >= 11 is 6.12. The van der Waals surface area contributed by atoms with Crippen LogP contribution < -0.4 is 16.3 Å². The van der Waals surface area contributed by atoms with Crippen molar-refractivity contribution in [1.82, 2.24) is 30.6 Å². The molecule has 170 valence electrons. The number of benzene rings is 1. The van der Waals surface area contributed by atoms with Crippen molar-refractivity contribution in [3.63, 3.8) is 0 Å². The predicted molar refractivity (Wildman–Crippen MR) is 117 cm³/mol. The second kappa shape index (κ2) is 9.25. The van der Waals surface area contributed by atoms with Gasteiger partial charge in [-0.05, 0) is 26.0 Å². The van der Waals surface area contributed by atoms with Gasteiger partial charge in [0, 0.05) is 18.5 Å². The van der Waals surface area contributed by atoms with Crippen LogP contribution in [-0.4, -0.2) is 44.8 Å². The summed E-state index contributed by atoms with van der Waals surface area (Å²) < 4.78 is 11.8. The van der Waals surface area contributed by atoms with E-state index >= 15 is 0 Å². The van der Waals surface area contributed by atoms with Gasteiger partial charge in [-0.2, -0.15) is 10.1 Å². The zero-order valence-corrected chi connectivity index (χ0v) is 18.5. The number of carbonyl (C=O) groups is 2. The molecule has 2 amide bonds. The Morgan fingerprint density at radius 2 is 1.85 bits per heavy atom. The monoisotopic (exact) mass is 470 g/mol. The second-order valence-corrected chi connectivity index (χ2v) is 7.53. The number of nitrogens with one attached hydrogen (secondary N) is 2. The Hall–Kier alpha value is -3.99. The summed E-state index contributed by atoms with van der Waals surface area (Å²) in [6, 6.07) is 8.34. The number of para-hydroxylation sites is 1. The van der Waals surface area contributed by atoms with Gasteiger partial charge in [0.05, 0.1) is 16.4 Å². The van der Waals surface area contributed by atoms with Crippen LogP contribution in [0.4, 0.5) is 0 Å². The minimum absolute atomic E-state index is 0.0715. The van der Waals surface area contributed by atoms with Gasteiger partial charge < -0.3 is 19.6 Å². The van der Waals surface area contributed by atoms with Gasteiger partial charge in [-0.15, -0.1) is 0 Å². The van der Waals surface area contributed by atoms with E-state index in [1.54, 1.807) is 35.9 Å². The molecule has 0 radical (unpaired) electrons. The van der Waals surface area contributed by atoms with Crippen LogP contribution in [0.15, 0.2) is 44.1 Å². The highest BCUT2D eigenvalue weighted by molar-refractivity contribution is 6.31. The van der Waals surface area contributed by atoms with Crippen molar-refractivity contribution in [2.24, 2.45) is 0 Å². The lowest BCUT2D eigenvalue weighted by Gasteiger charge is -2.05. The molecule has 0 bridgehead atoms. The summed E-state index contributed by atoms with van der Waals surface area (Å²) in [5.74, 6) is -1.16. The summed E-state index contributed by atoms with van der Waals surface area (Å²) in [5.41, 5.74) is 0.967. The van der Waals surface area contributed by atoms with Gasteiger partial charge in [0.1, 0.15) is 17.7 Å². The van der Waals surface area contributed by atoms with Crippen molar-refractivity contribution in [2.45, 2.75) is 20.4 Å². The van der Waals surface area contributed by atoms with Crippen LogP contribution in [0, 0.1) is 13.8 Å². The highest BCUT2D eigenvalue weighted by atomic mass is 35.5. The molecule has 0 unspecified atom stereocenters. The van der Waals surface area contributed by atoms with Gasteiger partial charge in [0.15, 0.2) is 5.82 Å². The predicted octanol–water partition coefficient (Wildman–Crippen LogP) is 1.85. The molecule has 4 rings (SSSR count). The number of rotatable bonds is 7. The molecule has 4 aromatic rings. The molecule has 0 saturated carbocycles. The van der Waals surface area contributed by atoms with Crippen LogP contribution in [0.3, 0.4) is 0 Å². The maximum Gasteiger partial charge on any atom is 0.349 e. The number of fused-ring (bicyclic) bond motifs is 1. The van der Waals surface area contributed by atoms with Gasteiger partial charge in [-0.3, -0.25) is 14.3 Å². The topological polar surface area (TPSA) is 145 Å². The summed E-state index contributed by atoms with van der Waals surface area (Å²) in [4.78, 5) is 40.6. The van der Waals surface area contributed by atoms with Crippen molar-refractivity contribution in [3.8, 4) is 0 Å². The fourth-order valence-electron chi connectivity index (χ4n) is 3.12. The van der Waals surface area contributed by atoms with Crippen LogP contribution in [0.1, 0.15) is 38.3 Å². The van der Waals surface area contributed by atoms with Gasteiger partial charge >= 0.3 is 17.4 Å². The largest absolute Gasteiger partial charge is 0.422 e. The molecule has 0 aliphatic heterocycles. The number of halogens is 1. The van der Waals surface area contributed by atoms with E-state index in [9.17, 15) is 14.4 Å². The Bertz CT molecular complexity index is 1410. The normalized spacial score (nSPS) is 11.0. The molecule has 11 nitrogen and oxygen atoms in total. The van der Waals surface area contributed by atoms with Gasteiger partial charge in [0.25, 0.3) is 5.91 Å². The number of amides is 2. The summed E-state index contributed by atoms with van der Waals surface area (Å²) in [7, 11) is 0. The van der Waals surface area contributed by atoms with E-state index in [2.05, 4.69) is 25.9 Å².